The highest BCUT2D eigenvalue weighted by atomic mass is 16.1. The van der Waals surface area contributed by atoms with Gasteiger partial charge >= 0.3 is 0 Å². The van der Waals surface area contributed by atoms with Crippen molar-refractivity contribution in [3.05, 3.63) is 0 Å². The molecule has 0 fully saturated rings. The van der Waals surface area contributed by atoms with Crippen LogP contribution in [0.2, 0.25) is 0 Å². The largest absolute Gasteiger partial charge is 0.353 e. The SMILES string of the molecule is CCCCCCCCCC(=O)NC(C)C(C)CN. The van der Waals surface area contributed by atoms with Crippen LogP contribution >= 0.6 is 0 Å². The van der Waals surface area contributed by atoms with Gasteiger partial charge in [-0.05, 0) is 25.8 Å². The molecule has 108 valence electrons. The van der Waals surface area contributed by atoms with E-state index in [1.54, 1.807) is 0 Å². The Labute approximate surface area is 113 Å². The van der Waals surface area contributed by atoms with E-state index in [0.717, 1.165) is 6.42 Å². The van der Waals surface area contributed by atoms with Crippen molar-refractivity contribution < 1.29 is 4.79 Å². The molecular formula is C15H32N2O. The first-order valence-electron chi connectivity index (χ1n) is 7.61. The van der Waals surface area contributed by atoms with E-state index in [4.69, 9.17) is 5.73 Å². The van der Waals surface area contributed by atoms with Gasteiger partial charge in [-0.1, -0.05) is 52.4 Å². The number of hydrogen-bond donors (Lipinski definition) is 2. The third kappa shape index (κ3) is 9.46. The molecule has 0 rings (SSSR count). The summed E-state index contributed by atoms with van der Waals surface area (Å²) < 4.78 is 0. The number of amides is 1. The third-order valence-corrected chi connectivity index (χ3v) is 3.62. The number of carbonyl (C=O) groups is 1. The molecule has 3 heteroatoms. The number of unbranched alkanes of at least 4 members (excludes halogenated alkanes) is 6. The zero-order valence-electron chi connectivity index (χ0n) is 12.5. The normalized spacial score (nSPS) is 14.2. The molecule has 0 aromatic heterocycles. The van der Waals surface area contributed by atoms with E-state index in [1.807, 2.05) is 6.92 Å². The lowest BCUT2D eigenvalue weighted by atomic mass is 10.0. The molecule has 3 N–H and O–H groups in total. The monoisotopic (exact) mass is 256 g/mol. The second-order valence-corrected chi connectivity index (χ2v) is 5.44. The highest BCUT2D eigenvalue weighted by Crippen LogP contribution is 2.08. The molecular weight excluding hydrogens is 224 g/mol. The number of hydrogen-bond acceptors (Lipinski definition) is 2. The first-order valence-corrected chi connectivity index (χ1v) is 7.61. The van der Waals surface area contributed by atoms with Crippen molar-refractivity contribution in [2.24, 2.45) is 11.7 Å². The molecule has 0 aliphatic heterocycles. The van der Waals surface area contributed by atoms with E-state index in [0.29, 0.717) is 18.9 Å². The second kappa shape index (κ2) is 11.5. The van der Waals surface area contributed by atoms with Gasteiger partial charge in [-0.2, -0.15) is 0 Å². The summed E-state index contributed by atoms with van der Waals surface area (Å²) >= 11 is 0. The van der Waals surface area contributed by atoms with Crippen molar-refractivity contribution in [3.63, 3.8) is 0 Å². The molecule has 2 atom stereocenters. The number of nitrogens with one attached hydrogen (secondary N) is 1. The molecule has 0 radical (unpaired) electrons. The topological polar surface area (TPSA) is 55.1 Å². The van der Waals surface area contributed by atoms with Crippen LogP contribution < -0.4 is 11.1 Å². The highest BCUT2D eigenvalue weighted by molar-refractivity contribution is 5.76. The maximum atomic E-state index is 11.7. The lowest BCUT2D eigenvalue weighted by Gasteiger charge is -2.19. The molecule has 1 amide bonds. The fraction of sp³-hybridized carbons (Fsp3) is 0.933. The van der Waals surface area contributed by atoms with Gasteiger partial charge in [-0.3, -0.25) is 4.79 Å². The van der Waals surface area contributed by atoms with Crippen LogP contribution in [-0.4, -0.2) is 18.5 Å². The Bertz CT molecular complexity index is 207. The summed E-state index contributed by atoms with van der Waals surface area (Å²) in [6.45, 7) is 6.95. The van der Waals surface area contributed by atoms with Gasteiger partial charge in [-0.25, -0.2) is 0 Å². The maximum absolute atomic E-state index is 11.7. The average molecular weight is 256 g/mol. The summed E-state index contributed by atoms with van der Waals surface area (Å²) in [6.07, 6.45) is 9.41. The van der Waals surface area contributed by atoms with Crippen molar-refractivity contribution in [1.29, 1.82) is 0 Å². The van der Waals surface area contributed by atoms with E-state index in [9.17, 15) is 4.79 Å². The Morgan fingerprint density at radius 3 is 2.17 bits per heavy atom. The summed E-state index contributed by atoms with van der Waals surface area (Å²) in [5.41, 5.74) is 5.58. The van der Waals surface area contributed by atoms with Gasteiger partial charge in [0, 0.05) is 12.5 Å². The van der Waals surface area contributed by atoms with Crippen LogP contribution in [0.4, 0.5) is 0 Å². The van der Waals surface area contributed by atoms with Gasteiger partial charge < -0.3 is 11.1 Å². The van der Waals surface area contributed by atoms with Gasteiger partial charge in [0.2, 0.25) is 5.91 Å². The highest BCUT2D eigenvalue weighted by Gasteiger charge is 2.12. The molecule has 18 heavy (non-hydrogen) atoms. The predicted molar refractivity (Wildman–Crippen MR) is 78.4 cm³/mol. The van der Waals surface area contributed by atoms with Crippen LogP contribution in [-0.2, 0) is 4.79 Å². The molecule has 0 aromatic carbocycles. The predicted octanol–water partition coefficient (Wildman–Crippen LogP) is 3.23. The van der Waals surface area contributed by atoms with Crippen LogP contribution in [0.1, 0.15) is 72.1 Å². The second-order valence-electron chi connectivity index (χ2n) is 5.44. The van der Waals surface area contributed by atoms with E-state index in [2.05, 4.69) is 19.2 Å². The zero-order chi connectivity index (χ0) is 13.8. The van der Waals surface area contributed by atoms with Crippen LogP contribution in [0.15, 0.2) is 0 Å². The summed E-state index contributed by atoms with van der Waals surface area (Å²) in [4.78, 5) is 11.7. The summed E-state index contributed by atoms with van der Waals surface area (Å²) in [6, 6.07) is 0.187. The fourth-order valence-electron chi connectivity index (χ4n) is 1.92. The molecule has 0 aliphatic rings. The summed E-state index contributed by atoms with van der Waals surface area (Å²) in [5.74, 6) is 0.527. The number of rotatable bonds is 11. The molecule has 0 aromatic rings. The Kier molecular flexibility index (Phi) is 11.2. The third-order valence-electron chi connectivity index (χ3n) is 3.62. The molecule has 0 saturated heterocycles. The van der Waals surface area contributed by atoms with Gasteiger partial charge in [0.25, 0.3) is 0 Å². The Morgan fingerprint density at radius 1 is 1.06 bits per heavy atom. The summed E-state index contributed by atoms with van der Waals surface area (Å²) in [7, 11) is 0. The van der Waals surface area contributed by atoms with Crippen molar-refractivity contribution in [2.45, 2.75) is 78.2 Å². The van der Waals surface area contributed by atoms with Crippen LogP contribution in [0.3, 0.4) is 0 Å². The standard InChI is InChI=1S/C15H32N2O/c1-4-5-6-7-8-9-10-11-15(18)17-14(3)13(2)12-16/h13-14H,4-12,16H2,1-3H3,(H,17,18). The van der Waals surface area contributed by atoms with E-state index < -0.39 is 0 Å². The van der Waals surface area contributed by atoms with Gasteiger partial charge in [0.05, 0.1) is 0 Å². The molecule has 0 heterocycles. The Morgan fingerprint density at radius 2 is 1.61 bits per heavy atom. The maximum Gasteiger partial charge on any atom is 0.220 e. The fourth-order valence-corrected chi connectivity index (χ4v) is 1.92. The van der Waals surface area contributed by atoms with Crippen LogP contribution in [0.25, 0.3) is 0 Å². The smallest absolute Gasteiger partial charge is 0.220 e. The molecule has 0 spiro atoms. The van der Waals surface area contributed by atoms with Gasteiger partial charge in [0.15, 0.2) is 0 Å². The van der Waals surface area contributed by atoms with E-state index in [1.165, 1.54) is 38.5 Å². The minimum Gasteiger partial charge on any atom is -0.353 e. The molecule has 0 saturated carbocycles. The van der Waals surface area contributed by atoms with Crippen molar-refractivity contribution >= 4 is 5.91 Å². The molecule has 3 nitrogen and oxygen atoms in total. The lowest BCUT2D eigenvalue weighted by Crippen LogP contribution is -2.39. The number of carbonyl (C=O) groups excluding carboxylic acids is 1. The molecule has 0 aliphatic carbocycles. The lowest BCUT2D eigenvalue weighted by molar-refractivity contribution is -0.122. The van der Waals surface area contributed by atoms with Crippen LogP contribution in [0.5, 0.6) is 0 Å². The first-order chi connectivity index (χ1) is 8.61. The zero-order valence-corrected chi connectivity index (χ0v) is 12.5. The molecule has 0 bridgehead atoms. The van der Waals surface area contributed by atoms with E-state index in [-0.39, 0.29) is 11.9 Å². The van der Waals surface area contributed by atoms with Crippen molar-refractivity contribution in [1.82, 2.24) is 5.32 Å². The minimum absolute atomic E-state index is 0.177. The summed E-state index contributed by atoms with van der Waals surface area (Å²) in [5, 5.41) is 3.02. The van der Waals surface area contributed by atoms with Gasteiger partial charge in [-0.15, -0.1) is 0 Å². The quantitative estimate of drug-likeness (QED) is 0.558. The van der Waals surface area contributed by atoms with Gasteiger partial charge in [0.1, 0.15) is 0 Å². The first kappa shape index (κ1) is 17.4. The van der Waals surface area contributed by atoms with Crippen LogP contribution in [0, 0.1) is 5.92 Å². The van der Waals surface area contributed by atoms with Crippen molar-refractivity contribution in [3.8, 4) is 0 Å². The van der Waals surface area contributed by atoms with Crippen molar-refractivity contribution in [2.75, 3.05) is 6.54 Å². The number of nitrogens with two attached hydrogens (primary N) is 1. The average Bonchev–Trinajstić information content (AvgIpc) is 2.36. The minimum atomic E-state index is 0.177. The van der Waals surface area contributed by atoms with E-state index >= 15 is 0 Å². The Hall–Kier alpha value is -0.570. The molecule has 2 unspecified atom stereocenters. The Balaban J connectivity index is 3.42.